The SMILES string of the molecule is COC(=O)[C@@H](O)CCc1ccccc1.Cl.NCC(N)=O. The Morgan fingerprint density at radius 3 is 2.20 bits per heavy atom. The van der Waals surface area contributed by atoms with E-state index in [1.54, 1.807) is 0 Å². The number of hydrogen-bond acceptors (Lipinski definition) is 5. The van der Waals surface area contributed by atoms with Gasteiger partial charge in [-0.3, -0.25) is 4.79 Å². The fraction of sp³-hybridized carbons (Fsp3) is 0.385. The first kappa shape index (κ1) is 20.7. The van der Waals surface area contributed by atoms with Crippen molar-refractivity contribution in [3.8, 4) is 0 Å². The largest absolute Gasteiger partial charge is 0.467 e. The first-order chi connectivity index (χ1) is 9.01. The zero-order chi connectivity index (χ0) is 14.7. The lowest BCUT2D eigenvalue weighted by Gasteiger charge is -2.07. The number of ether oxygens (including phenoxy) is 1. The molecule has 0 heterocycles. The second-order valence-electron chi connectivity index (χ2n) is 3.73. The predicted molar refractivity (Wildman–Crippen MR) is 78.3 cm³/mol. The van der Waals surface area contributed by atoms with E-state index in [1.807, 2.05) is 30.3 Å². The van der Waals surface area contributed by atoms with Crippen LogP contribution in [0.5, 0.6) is 0 Å². The van der Waals surface area contributed by atoms with Gasteiger partial charge in [0.2, 0.25) is 5.91 Å². The molecule has 0 saturated heterocycles. The van der Waals surface area contributed by atoms with E-state index < -0.39 is 18.0 Å². The molecule has 0 aromatic heterocycles. The first-order valence-electron chi connectivity index (χ1n) is 5.79. The molecule has 0 spiro atoms. The number of methoxy groups -OCH3 is 1. The number of benzene rings is 1. The monoisotopic (exact) mass is 304 g/mol. The second-order valence-corrected chi connectivity index (χ2v) is 3.73. The predicted octanol–water partition coefficient (Wildman–Crippen LogP) is 0.00530. The van der Waals surface area contributed by atoms with Crippen LogP contribution >= 0.6 is 12.4 Å². The number of aliphatic hydroxyl groups excluding tert-OH is 1. The molecule has 0 saturated carbocycles. The summed E-state index contributed by atoms with van der Waals surface area (Å²) in [6, 6.07) is 9.72. The number of aryl methyl sites for hydroxylation is 1. The number of aliphatic hydroxyl groups is 1. The number of hydrogen-bond donors (Lipinski definition) is 3. The Hall–Kier alpha value is -1.63. The van der Waals surface area contributed by atoms with Crippen LogP contribution < -0.4 is 11.5 Å². The van der Waals surface area contributed by atoms with Gasteiger partial charge < -0.3 is 21.3 Å². The Morgan fingerprint density at radius 1 is 1.30 bits per heavy atom. The average Bonchev–Trinajstić information content (AvgIpc) is 2.45. The molecule has 1 atom stereocenters. The maximum Gasteiger partial charge on any atom is 0.334 e. The molecular weight excluding hydrogens is 284 g/mol. The minimum Gasteiger partial charge on any atom is -0.467 e. The maximum atomic E-state index is 10.9. The van der Waals surface area contributed by atoms with Crippen molar-refractivity contribution in [1.29, 1.82) is 0 Å². The Labute approximate surface area is 124 Å². The number of carbonyl (C=O) groups excluding carboxylic acids is 2. The van der Waals surface area contributed by atoms with Crippen molar-refractivity contribution < 1.29 is 19.4 Å². The lowest BCUT2D eigenvalue weighted by Crippen LogP contribution is -2.22. The number of halogens is 1. The molecule has 0 radical (unpaired) electrons. The van der Waals surface area contributed by atoms with Gasteiger partial charge in [-0.1, -0.05) is 30.3 Å². The number of nitrogens with two attached hydrogens (primary N) is 2. The number of primary amides is 1. The van der Waals surface area contributed by atoms with E-state index >= 15 is 0 Å². The Kier molecular flexibility index (Phi) is 12.8. The number of amides is 1. The summed E-state index contributed by atoms with van der Waals surface area (Å²) < 4.78 is 4.41. The van der Waals surface area contributed by atoms with E-state index in [9.17, 15) is 14.7 Å². The minimum absolute atomic E-state index is 0. The minimum atomic E-state index is -1.01. The number of esters is 1. The molecule has 7 heteroatoms. The van der Waals surface area contributed by atoms with Crippen LogP contribution in [-0.4, -0.2) is 36.7 Å². The normalized spacial score (nSPS) is 10.3. The van der Waals surface area contributed by atoms with E-state index in [0.29, 0.717) is 12.8 Å². The molecule has 0 bridgehead atoms. The van der Waals surface area contributed by atoms with E-state index in [4.69, 9.17) is 5.73 Å². The third-order valence-electron chi connectivity index (χ3n) is 2.22. The standard InChI is InChI=1S/C11H14O3.C2H6N2O.ClH/c1-14-11(13)10(12)8-7-9-5-3-2-4-6-9;3-1-2(4)5;/h2-6,10,12H,7-8H2,1H3;1,3H2,(H2,4,5);1H/t10-;;/m0../s1. The summed E-state index contributed by atoms with van der Waals surface area (Å²) in [6.07, 6.45) is 0.0635. The van der Waals surface area contributed by atoms with E-state index in [0.717, 1.165) is 5.56 Å². The highest BCUT2D eigenvalue weighted by molar-refractivity contribution is 5.85. The highest BCUT2D eigenvalue weighted by atomic mass is 35.5. The first-order valence-corrected chi connectivity index (χ1v) is 5.79. The molecule has 1 aromatic rings. The highest BCUT2D eigenvalue weighted by Crippen LogP contribution is 2.05. The van der Waals surface area contributed by atoms with Gasteiger partial charge in [0.25, 0.3) is 0 Å². The molecule has 0 fully saturated rings. The summed E-state index contributed by atoms with van der Waals surface area (Å²) in [5.41, 5.74) is 10.3. The fourth-order valence-electron chi connectivity index (χ4n) is 1.20. The van der Waals surface area contributed by atoms with E-state index in [-0.39, 0.29) is 19.0 Å². The molecule has 1 rings (SSSR count). The fourth-order valence-corrected chi connectivity index (χ4v) is 1.20. The van der Waals surface area contributed by atoms with Gasteiger partial charge in [0, 0.05) is 0 Å². The molecule has 6 nitrogen and oxygen atoms in total. The molecule has 0 aliphatic rings. The zero-order valence-electron chi connectivity index (χ0n) is 11.3. The Morgan fingerprint density at radius 2 is 1.80 bits per heavy atom. The van der Waals surface area contributed by atoms with Gasteiger partial charge in [-0.25, -0.2) is 4.79 Å². The van der Waals surface area contributed by atoms with Gasteiger partial charge >= 0.3 is 5.97 Å². The smallest absolute Gasteiger partial charge is 0.334 e. The molecule has 5 N–H and O–H groups in total. The molecule has 0 unspecified atom stereocenters. The van der Waals surface area contributed by atoms with Crippen LogP contribution in [0.2, 0.25) is 0 Å². The van der Waals surface area contributed by atoms with Crippen LogP contribution in [0.25, 0.3) is 0 Å². The van der Waals surface area contributed by atoms with Gasteiger partial charge in [-0.2, -0.15) is 0 Å². The van der Waals surface area contributed by atoms with Gasteiger partial charge in [-0.05, 0) is 18.4 Å². The molecule has 0 aliphatic heterocycles. The summed E-state index contributed by atoms with van der Waals surface area (Å²) in [5.74, 6) is -1.04. The van der Waals surface area contributed by atoms with Gasteiger partial charge in [0.15, 0.2) is 6.10 Å². The van der Waals surface area contributed by atoms with Crippen LogP contribution in [0.15, 0.2) is 30.3 Å². The topological polar surface area (TPSA) is 116 Å². The molecule has 1 aromatic carbocycles. The van der Waals surface area contributed by atoms with Crippen molar-refractivity contribution in [1.82, 2.24) is 0 Å². The quantitative estimate of drug-likeness (QED) is 0.662. The van der Waals surface area contributed by atoms with Crippen molar-refractivity contribution in [3.05, 3.63) is 35.9 Å². The molecule has 0 aliphatic carbocycles. The highest BCUT2D eigenvalue weighted by Gasteiger charge is 2.14. The third kappa shape index (κ3) is 10.3. The summed E-state index contributed by atoms with van der Waals surface area (Å²) in [4.78, 5) is 20.3. The Bertz CT molecular complexity index is 387. The van der Waals surface area contributed by atoms with Crippen LogP contribution in [0.4, 0.5) is 0 Å². The third-order valence-corrected chi connectivity index (χ3v) is 2.22. The molecule has 1 amide bonds. The van der Waals surface area contributed by atoms with Gasteiger partial charge in [-0.15, -0.1) is 12.4 Å². The Balaban J connectivity index is 0. The van der Waals surface area contributed by atoms with Gasteiger partial charge in [0.05, 0.1) is 13.7 Å². The van der Waals surface area contributed by atoms with Crippen LogP contribution in [0, 0.1) is 0 Å². The average molecular weight is 305 g/mol. The molecule has 20 heavy (non-hydrogen) atoms. The van der Waals surface area contributed by atoms with Crippen molar-refractivity contribution in [2.75, 3.05) is 13.7 Å². The number of rotatable bonds is 5. The lowest BCUT2D eigenvalue weighted by molar-refractivity contribution is -0.150. The van der Waals surface area contributed by atoms with Crippen molar-refractivity contribution in [2.45, 2.75) is 18.9 Å². The van der Waals surface area contributed by atoms with Crippen LogP contribution in [-0.2, 0) is 20.7 Å². The summed E-state index contributed by atoms with van der Waals surface area (Å²) in [5, 5.41) is 9.30. The molecular formula is C13H21ClN2O4. The van der Waals surface area contributed by atoms with Crippen molar-refractivity contribution >= 4 is 24.3 Å². The second kappa shape index (κ2) is 12.4. The van der Waals surface area contributed by atoms with Gasteiger partial charge in [0.1, 0.15) is 0 Å². The van der Waals surface area contributed by atoms with Crippen molar-refractivity contribution in [2.24, 2.45) is 11.5 Å². The summed E-state index contributed by atoms with van der Waals surface area (Å²) >= 11 is 0. The van der Waals surface area contributed by atoms with E-state index in [1.165, 1.54) is 7.11 Å². The maximum absolute atomic E-state index is 10.9. The summed E-state index contributed by atoms with van der Waals surface area (Å²) in [6.45, 7) is -0.0556. The number of carbonyl (C=O) groups is 2. The summed E-state index contributed by atoms with van der Waals surface area (Å²) in [7, 11) is 1.27. The van der Waals surface area contributed by atoms with E-state index in [2.05, 4.69) is 10.5 Å². The lowest BCUT2D eigenvalue weighted by atomic mass is 10.1. The molecule has 114 valence electrons. The zero-order valence-corrected chi connectivity index (χ0v) is 12.1. The van der Waals surface area contributed by atoms with Crippen molar-refractivity contribution in [3.63, 3.8) is 0 Å². The van der Waals surface area contributed by atoms with Crippen LogP contribution in [0.3, 0.4) is 0 Å². The van der Waals surface area contributed by atoms with Crippen LogP contribution in [0.1, 0.15) is 12.0 Å².